The molecule has 5 rings (SSSR count). The van der Waals surface area contributed by atoms with Crippen molar-refractivity contribution in [1.29, 1.82) is 0 Å². The first-order valence-corrected chi connectivity index (χ1v) is 12.4. The van der Waals surface area contributed by atoms with E-state index in [-0.39, 0.29) is 18.6 Å². The van der Waals surface area contributed by atoms with Gasteiger partial charge in [-0.25, -0.2) is 4.98 Å². The number of carbonyl (C=O) groups excluding carboxylic acids is 1. The van der Waals surface area contributed by atoms with E-state index in [0.717, 1.165) is 88.0 Å². The molecule has 3 aliphatic carbocycles. The van der Waals surface area contributed by atoms with Gasteiger partial charge in [0.2, 0.25) is 11.8 Å². The third kappa shape index (κ3) is 4.25. The lowest BCUT2D eigenvalue weighted by Crippen LogP contribution is -2.44. The highest BCUT2D eigenvalue weighted by Crippen LogP contribution is 2.47. The number of hydrogen-bond donors (Lipinski definition) is 2. The quantitative estimate of drug-likeness (QED) is 0.691. The van der Waals surface area contributed by atoms with E-state index in [1.807, 2.05) is 4.90 Å². The Morgan fingerprint density at radius 2 is 2.03 bits per heavy atom. The van der Waals surface area contributed by atoms with Crippen LogP contribution in [0.5, 0.6) is 5.88 Å². The number of aromatic nitrogens is 2. The Morgan fingerprint density at radius 1 is 1.25 bits per heavy atom. The maximum Gasteiger partial charge on any atom is 0.236 e. The number of H-pyrrole nitrogens is 1. The molecule has 7 nitrogen and oxygen atoms in total. The van der Waals surface area contributed by atoms with Crippen molar-refractivity contribution in [3.63, 3.8) is 0 Å². The van der Waals surface area contributed by atoms with Crippen molar-refractivity contribution in [3.8, 4) is 17.1 Å². The van der Waals surface area contributed by atoms with E-state index in [0.29, 0.717) is 18.5 Å². The highest BCUT2D eigenvalue weighted by molar-refractivity contribution is 5.78. The fourth-order valence-electron chi connectivity index (χ4n) is 6.05. The van der Waals surface area contributed by atoms with Crippen LogP contribution in [0.4, 0.5) is 0 Å². The van der Waals surface area contributed by atoms with Gasteiger partial charge < -0.3 is 19.7 Å². The zero-order valence-corrected chi connectivity index (χ0v) is 19.2. The molecule has 0 unspecified atom stereocenters. The summed E-state index contributed by atoms with van der Waals surface area (Å²) in [4.78, 5) is 24.6. The van der Waals surface area contributed by atoms with Crippen LogP contribution in [0.1, 0.15) is 68.4 Å². The Bertz CT molecular complexity index is 899. The second kappa shape index (κ2) is 9.40. The van der Waals surface area contributed by atoms with Gasteiger partial charge in [-0.05, 0) is 87.9 Å². The summed E-state index contributed by atoms with van der Waals surface area (Å²) in [5.41, 5.74) is 4.92. The molecule has 0 aromatic carbocycles. The molecule has 7 heteroatoms. The summed E-state index contributed by atoms with van der Waals surface area (Å²) in [6.45, 7) is 2.59. The SMILES string of the molecule is CN(CC(=O)N1CCCC1)C1CCC(Oc2nc[nH]c3cc4c(c2-3)[C@@H](CCO)CC4)CC1. The number of hydrogen-bond acceptors (Lipinski definition) is 5. The van der Waals surface area contributed by atoms with Gasteiger partial charge in [0, 0.05) is 25.7 Å². The standard InChI is InChI=1S/C25H36N4O3/c1-28(15-22(31)29-11-2-3-12-29)19-6-8-20(9-7-19)32-25-24-21(26-16-27-25)14-18-5-4-17(10-13-30)23(18)24/h14,16-17,19-20,30H,2-13,15H2,1H3,(H,26,27)/t17-,19?,20?/m1/s1. The number of aryl methyl sites for hydroxylation is 1. The van der Waals surface area contributed by atoms with Crippen LogP contribution in [-0.4, -0.2) is 76.2 Å². The van der Waals surface area contributed by atoms with Crippen molar-refractivity contribution in [2.75, 3.05) is 33.3 Å². The summed E-state index contributed by atoms with van der Waals surface area (Å²) in [6, 6.07) is 2.68. The average Bonchev–Trinajstić information content (AvgIpc) is 3.53. The number of nitrogens with zero attached hydrogens (tertiary/aromatic N) is 3. The van der Waals surface area contributed by atoms with Crippen molar-refractivity contribution >= 4 is 5.91 Å². The maximum atomic E-state index is 12.5. The number of aliphatic hydroxyl groups is 1. The van der Waals surface area contributed by atoms with Gasteiger partial charge in [-0.3, -0.25) is 9.69 Å². The molecule has 2 fully saturated rings. The van der Waals surface area contributed by atoms with Gasteiger partial charge in [-0.2, -0.15) is 0 Å². The van der Waals surface area contributed by atoms with E-state index in [4.69, 9.17) is 4.74 Å². The fourth-order valence-corrected chi connectivity index (χ4v) is 6.05. The van der Waals surface area contributed by atoms with E-state index in [1.54, 1.807) is 6.33 Å². The average molecular weight is 441 g/mol. The number of carbonyl (C=O) groups is 1. The van der Waals surface area contributed by atoms with Crippen molar-refractivity contribution in [3.05, 3.63) is 23.5 Å². The molecule has 1 atom stereocenters. The predicted molar refractivity (Wildman–Crippen MR) is 123 cm³/mol. The van der Waals surface area contributed by atoms with E-state index in [2.05, 4.69) is 28.0 Å². The van der Waals surface area contributed by atoms with Gasteiger partial charge in [-0.15, -0.1) is 0 Å². The summed E-state index contributed by atoms with van der Waals surface area (Å²) in [7, 11) is 2.09. The second-order valence-electron chi connectivity index (χ2n) is 9.88. The molecular weight excluding hydrogens is 404 g/mol. The van der Waals surface area contributed by atoms with Crippen molar-refractivity contribution < 1.29 is 14.6 Å². The first-order valence-electron chi connectivity index (χ1n) is 12.4. The lowest BCUT2D eigenvalue weighted by molar-refractivity contribution is -0.131. The topological polar surface area (TPSA) is 81.7 Å². The molecule has 0 aromatic rings. The molecule has 0 aromatic heterocycles. The monoisotopic (exact) mass is 440 g/mol. The number of fused-ring (bicyclic) bond motifs is 3. The lowest BCUT2D eigenvalue weighted by atomic mass is 9.92. The minimum Gasteiger partial charge on any atom is -0.474 e. The third-order valence-corrected chi connectivity index (χ3v) is 7.86. The number of aliphatic hydroxyl groups excluding tert-OH is 1. The summed E-state index contributed by atoms with van der Waals surface area (Å²) >= 11 is 0. The Morgan fingerprint density at radius 3 is 2.78 bits per heavy atom. The van der Waals surface area contributed by atoms with Crippen LogP contribution in [0.3, 0.4) is 0 Å². The molecule has 0 bridgehead atoms. The van der Waals surface area contributed by atoms with Gasteiger partial charge >= 0.3 is 0 Å². The number of likely N-dealkylation sites (N-methyl/N-ethyl adjacent to an activating group) is 1. The molecule has 2 N–H and O–H groups in total. The molecule has 0 radical (unpaired) electrons. The summed E-state index contributed by atoms with van der Waals surface area (Å²) in [5, 5.41) is 9.50. The molecule has 5 aliphatic rings. The number of rotatable bonds is 7. The first-order chi connectivity index (χ1) is 15.6. The van der Waals surface area contributed by atoms with Crippen LogP contribution in [-0.2, 0) is 11.2 Å². The molecule has 32 heavy (non-hydrogen) atoms. The molecule has 1 amide bonds. The number of aromatic amines is 1. The highest BCUT2D eigenvalue weighted by atomic mass is 16.5. The van der Waals surface area contributed by atoms with Crippen LogP contribution in [0.15, 0.2) is 12.4 Å². The van der Waals surface area contributed by atoms with Gasteiger partial charge in [-0.1, -0.05) is 0 Å². The number of nitrogens with one attached hydrogen (secondary N) is 1. The zero-order valence-electron chi connectivity index (χ0n) is 19.2. The Balaban J connectivity index is 1.21. The van der Waals surface area contributed by atoms with Gasteiger partial charge in [0.15, 0.2) is 0 Å². The van der Waals surface area contributed by atoms with Crippen LogP contribution < -0.4 is 4.74 Å². The summed E-state index contributed by atoms with van der Waals surface area (Å²) < 4.78 is 6.48. The summed E-state index contributed by atoms with van der Waals surface area (Å²) in [5.74, 6) is 1.41. The van der Waals surface area contributed by atoms with Crippen molar-refractivity contribution in [2.24, 2.45) is 0 Å². The van der Waals surface area contributed by atoms with Crippen LogP contribution in [0.2, 0.25) is 0 Å². The zero-order chi connectivity index (χ0) is 22.1. The number of ether oxygens (including phenoxy) is 1. The Kier molecular flexibility index (Phi) is 6.37. The van der Waals surface area contributed by atoms with Gasteiger partial charge in [0.1, 0.15) is 6.10 Å². The van der Waals surface area contributed by atoms with Crippen LogP contribution >= 0.6 is 0 Å². The molecular formula is C25H36N4O3. The normalized spacial score (nSPS) is 25.6. The van der Waals surface area contributed by atoms with Crippen LogP contribution in [0, 0.1) is 0 Å². The van der Waals surface area contributed by atoms with Gasteiger partial charge in [0.05, 0.1) is 24.1 Å². The van der Waals surface area contributed by atoms with E-state index >= 15 is 0 Å². The number of likely N-dealkylation sites (tertiary alicyclic amines) is 1. The summed E-state index contributed by atoms with van der Waals surface area (Å²) in [6.07, 6.45) is 11.2. The predicted octanol–water partition coefficient (Wildman–Crippen LogP) is 3.17. The van der Waals surface area contributed by atoms with E-state index < -0.39 is 0 Å². The maximum absolute atomic E-state index is 12.5. The molecule has 2 heterocycles. The van der Waals surface area contributed by atoms with Crippen LogP contribution in [0.25, 0.3) is 11.3 Å². The van der Waals surface area contributed by atoms with E-state index in [1.165, 1.54) is 11.1 Å². The minimum absolute atomic E-state index is 0.162. The molecule has 2 aliphatic heterocycles. The second-order valence-corrected chi connectivity index (χ2v) is 9.88. The Labute approximate surface area is 190 Å². The van der Waals surface area contributed by atoms with Crippen molar-refractivity contribution in [2.45, 2.75) is 75.9 Å². The highest BCUT2D eigenvalue weighted by Gasteiger charge is 2.33. The van der Waals surface area contributed by atoms with Gasteiger partial charge in [0.25, 0.3) is 0 Å². The smallest absolute Gasteiger partial charge is 0.236 e. The minimum atomic E-state index is 0.162. The molecule has 1 saturated carbocycles. The van der Waals surface area contributed by atoms with Crippen molar-refractivity contribution in [1.82, 2.24) is 19.8 Å². The third-order valence-electron chi connectivity index (χ3n) is 7.86. The fraction of sp³-hybridized carbons (Fsp3) is 0.680. The first kappa shape index (κ1) is 21.7. The molecule has 1 saturated heterocycles. The largest absolute Gasteiger partial charge is 0.474 e. The van der Waals surface area contributed by atoms with E-state index in [9.17, 15) is 9.90 Å². The Hall–Kier alpha value is -2.12. The lowest BCUT2D eigenvalue weighted by Gasteiger charge is -2.35. The molecule has 0 spiro atoms. The number of amides is 1. The molecule has 174 valence electrons.